The van der Waals surface area contributed by atoms with E-state index >= 15 is 0 Å². The van der Waals surface area contributed by atoms with Gasteiger partial charge in [-0.05, 0) is 31.0 Å². The van der Waals surface area contributed by atoms with Crippen LogP contribution in [0.25, 0.3) is 0 Å². The number of anilines is 2. The first-order chi connectivity index (χ1) is 7.65. The Morgan fingerprint density at radius 1 is 1.38 bits per heavy atom. The van der Waals surface area contributed by atoms with Crippen LogP contribution >= 0.6 is 11.6 Å². The highest BCUT2D eigenvalue weighted by atomic mass is 35.5. The molecule has 1 heterocycles. The highest BCUT2D eigenvalue weighted by Gasteiger charge is 2.18. The number of nitrogen functional groups attached to an aromatic ring is 1. The van der Waals surface area contributed by atoms with E-state index in [1.54, 1.807) is 6.07 Å². The van der Waals surface area contributed by atoms with Crippen molar-refractivity contribution in [2.24, 2.45) is 0 Å². The number of benzene rings is 1. The van der Waals surface area contributed by atoms with Crippen LogP contribution in [0.2, 0.25) is 5.02 Å². The van der Waals surface area contributed by atoms with Crippen molar-refractivity contribution in [2.75, 3.05) is 22.6 Å². The standard InChI is InChI=1S/C11H15ClN2OS/c12-10-7-8(13)1-2-11(10)14-9-3-5-16(15)6-4-9/h1-2,7,9,14H,3-6,13H2. The van der Waals surface area contributed by atoms with E-state index in [-0.39, 0.29) is 0 Å². The Morgan fingerprint density at radius 2 is 2.06 bits per heavy atom. The molecule has 0 aliphatic carbocycles. The minimum atomic E-state index is -0.621. The number of rotatable bonds is 2. The van der Waals surface area contributed by atoms with Gasteiger partial charge in [0.05, 0.1) is 10.7 Å². The van der Waals surface area contributed by atoms with Crippen molar-refractivity contribution in [1.29, 1.82) is 0 Å². The van der Waals surface area contributed by atoms with E-state index in [2.05, 4.69) is 5.32 Å². The Labute approximate surface area is 103 Å². The first-order valence-corrected chi connectivity index (χ1v) is 7.18. The molecule has 88 valence electrons. The van der Waals surface area contributed by atoms with E-state index in [1.165, 1.54) is 0 Å². The monoisotopic (exact) mass is 258 g/mol. The fourth-order valence-corrected chi connectivity index (χ4v) is 3.35. The molecule has 0 radical (unpaired) electrons. The molecule has 1 fully saturated rings. The van der Waals surface area contributed by atoms with E-state index in [1.807, 2.05) is 12.1 Å². The molecule has 0 aromatic heterocycles. The topological polar surface area (TPSA) is 55.1 Å². The smallest absolute Gasteiger partial charge is 0.0658 e. The molecule has 1 aromatic rings. The highest BCUT2D eigenvalue weighted by molar-refractivity contribution is 7.85. The third-order valence-corrected chi connectivity index (χ3v) is 4.44. The Balaban J connectivity index is 2.01. The van der Waals surface area contributed by atoms with Crippen LogP contribution in [0.3, 0.4) is 0 Å². The summed E-state index contributed by atoms with van der Waals surface area (Å²) in [5, 5.41) is 4.02. The van der Waals surface area contributed by atoms with E-state index < -0.39 is 10.8 Å². The largest absolute Gasteiger partial charge is 0.399 e. The van der Waals surface area contributed by atoms with Gasteiger partial charge < -0.3 is 11.1 Å². The first-order valence-electron chi connectivity index (χ1n) is 5.31. The zero-order valence-corrected chi connectivity index (χ0v) is 10.5. The summed E-state index contributed by atoms with van der Waals surface area (Å²) in [6, 6.07) is 5.84. The van der Waals surface area contributed by atoms with Crippen molar-refractivity contribution < 1.29 is 4.21 Å². The fraction of sp³-hybridized carbons (Fsp3) is 0.455. The van der Waals surface area contributed by atoms with Crippen LogP contribution in [-0.2, 0) is 10.8 Å². The van der Waals surface area contributed by atoms with Gasteiger partial charge in [0.15, 0.2) is 0 Å². The number of halogens is 1. The Kier molecular flexibility index (Phi) is 3.71. The van der Waals surface area contributed by atoms with Crippen LogP contribution in [0, 0.1) is 0 Å². The summed E-state index contributed by atoms with van der Waals surface area (Å²) in [6.07, 6.45) is 1.88. The quantitative estimate of drug-likeness (QED) is 0.800. The normalized spacial score (nSPS) is 25.3. The van der Waals surface area contributed by atoms with Crippen molar-refractivity contribution in [3.05, 3.63) is 23.2 Å². The zero-order valence-electron chi connectivity index (χ0n) is 8.91. The van der Waals surface area contributed by atoms with Crippen molar-refractivity contribution in [1.82, 2.24) is 0 Å². The van der Waals surface area contributed by atoms with Crippen LogP contribution in [0.4, 0.5) is 11.4 Å². The van der Waals surface area contributed by atoms with Gasteiger partial charge in [-0.25, -0.2) is 0 Å². The lowest BCUT2D eigenvalue weighted by atomic mass is 10.1. The van der Waals surface area contributed by atoms with E-state index in [9.17, 15) is 4.21 Å². The summed E-state index contributed by atoms with van der Waals surface area (Å²) in [7, 11) is -0.621. The number of hydrogen-bond acceptors (Lipinski definition) is 3. The molecule has 0 unspecified atom stereocenters. The van der Waals surface area contributed by atoms with E-state index in [4.69, 9.17) is 17.3 Å². The lowest BCUT2D eigenvalue weighted by molar-refractivity contribution is 0.624. The minimum absolute atomic E-state index is 0.374. The molecule has 16 heavy (non-hydrogen) atoms. The number of nitrogens with two attached hydrogens (primary N) is 1. The van der Waals surface area contributed by atoms with Gasteiger partial charge in [0.25, 0.3) is 0 Å². The van der Waals surface area contributed by atoms with Gasteiger partial charge in [-0.15, -0.1) is 0 Å². The highest BCUT2D eigenvalue weighted by Crippen LogP contribution is 2.26. The number of hydrogen-bond donors (Lipinski definition) is 2. The van der Waals surface area contributed by atoms with E-state index in [0.717, 1.165) is 30.0 Å². The Hall–Kier alpha value is -0.740. The summed E-state index contributed by atoms with van der Waals surface area (Å²) < 4.78 is 11.2. The van der Waals surface area contributed by atoms with Gasteiger partial charge >= 0.3 is 0 Å². The molecule has 5 heteroatoms. The molecule has 1 aromatic carbocycles. The number of nitrogens with one attached hydrogen (secondary N) is 1. The second kappa shape index (κ2) is 5.06. The zero-order chi connectivity index (χ0) is 11.5. The molecule has 0 bridgehead atoms. The lowest BCUT2D eigenvalue weighted by Gasteiger charge is -2.24. The average Bonchev–Trinajstić information content (AvgIpc) is 2.25. The van der Waals surface area contributed by atoms with Crippen LogP contribution in [0.15, 0.2) is 18.2 Å². The van der Waals surface area contributed by atoms with Gasteiger partial charge in [0.1, 0.15) is 0 Å². The average molecular weight is 259 g/mol. The maximum atomic E-state index is 11.2. The molecular formula is C11H15ClN2OS. The van der Waals surface area contributed by atoms with Crippen LogP contribution in [-0.4, -0.2) is 21.8 Å². The molecule has 2 rings (SSSR count). The van der Waals surface area contributed by atoms with Gasteiger partial charge in [0.2, 0.25) is 0 Å². The SMILES string of the molecule is Nc1ccc(NC2CCS(=O)CC2)c(Cl)c1. The van der Waals surface area contributed by atoms with Crippen molar-refractivity contribution in [3.63, 3.8) is 0 Å². The van der Waals surface area contributed by atoms with Crippen LogP contribution < -0.4 is 11.1 Å². The maximum Gasteiger partial charge on any atom is 0.0658 e. The van der Waals surface area contributed by atoms with Gasteiger partial charge in [-0.2, -0.15) is 0 Å². The molecule has 0 spiro atoms. The van der Waals surface area contributed by atoms with Crippen molar-refractivity contribution in [2.45, 2.75) is 18.9 Å². The molecule has 1 aliphatic heterocycles. The maximum absolute atomic E-state index is 11.2. The molecule has 1 aliphatic rings. The summed E-state index contributed by atoms with van der Waals surface area (Å²) in [5.41, 5.74) is 7.20. The predicted molar refractivity (Wildman–Crippen MR) is 70.4 cm³/mol. The Morgan fingerprint density at radius 3 is 2.69 bits per heavy atom. The van der Waals surface area contributed by atoms with Gasteiger partial charge in [-0.1, -0.05) is 11.6 Å². The van der Waals surface area contributed by atoms with E-state index in [0.29, 0.717) is 16.8 Å². The minimum Gasteiger partial charge on any atom is -0.399 e. The first kappa shape index (κ1) is 11.7. The van der Waals surface area contributed by atoms with Crippen LogP contribution in [0.5, 0.6) is 0 Å². The fourth-order valence-electron chi connectivity index (χ4n) is 1.81. The Bertz CT molecular complexity index is 401. The lowest BCUT2D eigenvalue weighted by Crippen LogP contribution is -2.29. The van der Waals surface area contributed by atoms with Crippen molar-refractivity contribution in [3.8, 4) is 0 Å². The summed E-state index contributed by atoms with van der Waals surface area (Å²) >= 11 is 6.07. The molecule has 3 N–H and O–H groups in total. The van der Waals surface area contributed by atoms with Gasteiger partial charge in [0, 0.05) is 34.0 Å². The summed E-state index contributed by atoms with van der Waals surface area (Å²) in [6.45, 7) is 0. The third-order valence-electron chi connectivity index (χ3n) is 2.74. The molecular weight excluding hydrogens is 244 g/mol. The third kappa shape index (κ3) is 2.89. The van der Waals surface area contributed by atoms with Crippen LogP contribution in [0.1, 0.15) is 12.8 Å². The van der Waals surface area contributed by atoms with Crippen molar-refractivity contribution >= 4 is 33.8 Å². The molecule has 1 saturated heterocycles. The predicted octanol–water partition coefficient (Wildman–Crippen LogP) is 2.25. The molecule has 3 nitrogen and oxygen atoms in total. The molecule has 0 atom stereocenters. The second-order valence-electron chi connectivity index (χ2n) is 4.01. The molecule has 0 amide bonds. The summed E-state index contributed by atoms with van der Waals surface area (Å²) in [4.78, 5) is 0. The molecule has 0 saturated carbocycles. The summed E-state index contributed by atoms with van der Waals surface area (Å²) in [5.74, 6) is 1.56. The van der Waals surface area contributed by atoms with Gasteiger partial charge in [-0.3, -0.25) is 4.21 Å². The second-order valence-corrected chi connectivity index (χ2v) is 6.11.